The van der Waals surface area contributed by atoms with Crippen LogP contribution in [0.15, 0.2) is 59.1 Å². The lowest BCUT2D eigenvalue weighted by Gasteiger charge is -2.42. The van der Waals surface area contributed by atoms with Gasteiger partial charge in [0.05, 0.1) is 11.8 Å². The molecule has 0 amide bonds. The van der Waals surface area contributed by atoms with Crippen molar-refractivity contribution < 1.29 is 0 Å². The van der Waals surface area contributed by atoms with Crippen LogP contribution in [-0.4, -0.2) is 35.4 Å². The van der Waals surface area contributed by atoms with Gasteiger partial charge in [-0.15, -0.1) is 0 Å². The van der Waals surface area contributed by atoms with Crippen molar-refractivity contribution >= 4 is 52.3 Å². The van der Waals surface area contributed by atoms with Crippen LogP contribution in [-0.2, 0) is 0 Å². The summed E-state index contributed by atoms with van der Waals surface area (Å²) in [5.41, 5.74) is 4.59. The van der Waals surface area contributed by atoms with Crippen LogP contribution in [0.3, 0.4) is 0 Å². The van der Waals surface area contributed by atoms with E-state index in [1.165, 1.54) is 11.1 Å². The van der Waals surface area contributed by atoms with Crippen molar-refractivity contribution in [3.05, 3.63) is 75.3 Å². The summed E-state index contributed by atoms with van der Waals surface area (Å²) in [6, 6.07) is 16.0. The van der Waals surface area contributed by atoms with E-state index >= 15 is 0 Å². The van der Waals surface area contributed by atoms with E-state index in [9.17, 15) is 0 Å². The van der Waals surface area contributed by atoms with Gasteiger partial charge in [0.2, 0.25) is 0 Å². The fraction of sp³-hybridized carbons (Fsp3) is 0.273. The summed E-state index contributed by atoms with van der Waals surface area (Å²) < 4.78 is 0. The lowest BCUT2D eigenvalue weighted by Crippen LogP contribution is -2.51. The molecule has 28 heavy (non-hydrogen) atoms. The predicted molar refractivity (Wildman–Crippen MR) is 122 cm³/mol. The zero-order valence-electron chi connectivity index (χ0n) is 15.5. The molecule has 0 bridgehead atoms. The van der Waals surface area contributed by atoms with Gasteiger partial charge in [-0.05, 0) is 65.8 Å². The Hall–Kier alpha value is -1.72. The van der Waals surface area contributed by atoms with Crippen molar-refractivity contribution in [2.75, 3.05) is 19.6 Å². The molecule has 2 aliphatic heterocycles. The fourth-order valence-corrected chi connectivity index (χ4v) is 4.37. The fourth-order valence-electron chi connectivity index (χ4n) is 3.89. The molecule has 6 heteroatoms. The number of benzene rings is 2. The molecule has 2 aromatic rings. The minimum atomic E-state index is 0.0836. The normalized spacial score (nSPS) is 23.9. The monoisotopic (exact) mass is 429 g/mol. The van der Waals surface area contributed by atoms with E-state index in [4.69, 9.17) is 40.4 Å². The second-order valence-electron chi connectivity index (χ2n) is 7.13. The van der Waals surface area contributed by atoms with Crippen LogP contribution in [0, 0.1) is 5.92 Å². The third-order valence-electron chi connectivity index (χ3n) is 5.32. The number of hydrogen-bond acceptors (Lipinski definition) is 2. The smallest absolute Gasteiger partial charge is 0.193 e. The summed E-state index contributed by atoms with van der Waals surface area (Å²) in [6.45, 7) is 4.99. The van der Waals surface area contributed by atoms with E-state index < -0.39 is 0 Å². The molecule has 0 spiro atoms. The molecule has 2 aromatic carbocycles. The third kappa shape index (κ3) is 4.15. The summed E-state index contributed by atoms with van der Waals surface area (Å²) in [5, 5.41) is 5.43. The number of aliphatic imine (C=N–C) groups is 1. The number of nitrogens with zero attached hydrogens (tertiary/aromatic N) is 2. The zero-order valence-corrected chi connectivity index (χ0v) is 17.9. The summed E-state index contributed by atoms with van der Waals surface area (Å²) in [7, 11) is 0. The first-order chi connectivity index (χ1) is 13.5. The molecule has 0 aromatic heterocycles. The van der Waals surface area contributed by atoms with E-state index in [-0.39, 0.29) is 12.0 Å². The second kappa shape index (κ2) is 8.34. The number of fused-ring (bicyclic) bond motifs is 1. The number of thiocarbonyl (C=S) groups is 1. The van der Waals surface area contributed by atoms with E-state index in [1.807, 2.05) is 36.4 Å². The van der Waals surface area contributed by atoms with Gasteiger partial charge in [-0.25, -0.2) is 4.99 Å². The first-order valence-electron chi connectivity index (χ1n) is 9.37. The molecule has 1 saturated heterocycles. The Bertz CT molecular complexity index is 935. The number of likely N-dealkylation sites (tertiary alicyclic amines) is 1. The summed E-state index contributed by atoms with van der Waals surface area (Å²) in [5.74, 6) is 0.222. The maximum absolute atomic E-state index is 6.09. The van der Waals surface area contributed by atoms with Crippen LogP contribution in [0.1, 0.15) is 24.1 Å². The molecular formula is C22H21Cl2N3S. The largest absolute Gasteiger partial charge is 0.353 e. The summed E-state index contributed by atoms with van der Waals surface area (Å²) in [4.78, 5) is 7.20. The molecule has 0 radical (unpaired) electrons. The zero-order chi connectivity index (χ0) is 19.7. The molecule has 144 valence electrons. The van der Waals surface area contributed by atoms with Gasteiger partial charge >= 0.3 is 0 Å². The first kappa shape index (κ1) is 19.6. The van der Waals surface area contributed by atoms with Crippen LogP contribution < -0.4 is 5.32 Å². The number of hydrogen-bond donors (Lipinski definition) is 1. The van der Waals surface area contributed by atoms with Gasteiger partial charge in [0.1, 0.15) is 0 Å². The molecule has 3 nitrogen and oxygen atoms in total. The standard InChI is InChI=1S/C22H21Cl2N3S/c1-2-27-12-16(11-14-3-7-17(23)8-4-14)21-19(13-27)20(25-22(28)26-21)15-5-9-18(24)10-6-15/h3-11,19-20H,2,12-13H2,1H3,(H,25,28)/b16-11+. The molecule has 2 heterocycles. The molecule has 4 rings (SSSR count). The minimum absolute atomic E-state index is 0.0836. The Morgan fingerprint density at radius 1 is 1.11 bits per heavy atom. The van der Waals surface area contributed by atoms with Gasteiger partial charge in [0.15, 0.2) is 5.11 Å². The number of halogens is 2. The Kier molecular flexibility index (Phi) is 5.83. The number of likely N-dealkylation sites (N-methyl/N-ethyl adjacent to an activating group) is 1. The van der Waals surface area contributed by atoms with Crippen molar-refractivity contribution in [1.29, 1.82) is 0 Å². The minimum Gasteiger partial charge on any atom is -0.353 e. The molecule has 0 saturated carbocycles. The van der Waals surface area contributed by atoms with Gasteiger partial charge in [-0.3, -0.25) is 4.90 Å². The van der Waals surface area contributed by atoms with Crippen LogP contribution in [0.4, 0.5) is 0 Å². The Morgan fingerprint density at radius 3 is 2.39 bits per heavy atom. The van der Waals surface area contributed by atoms with Gasteiger partial charge in [-0.1, -0.05) is 54.4 Å². The highest BCUT2D eigenvalue weighted by Gasteiger charge is 2.38. The number of piperidine rings is 1. The molecule has 1 N–H and O–H groups in total. The van der Waals surface area contributed by atoms with E-state index in [2.05, 4.69) is 35.3 Å². The van der Waals surface area contributed by atoms with Crippen molar-refractivity contribution in [1.82, 2.24) is 10.2 Å². The summed E-state index contributed by atoms with van der Waals surface area (Å²) >= 11 is 17.6. The topological polar surface area (TPSA) is 27.6 Å². The maximum Gasteiger partial charge on any atom is 0.193 e. The third-order valence-corrected chi connectivity index (χ3v) is 6.03. The SMILES string of the molecule is CCN1C/C(=C\c2ccc(Cl)cc2)C2=NC(=S)NC(c3ccc(Cl)cc3)C2C1. The number of rotatable bonds is 3. The Balaban J connectivity index is 1.74. The van der Waals surface area contributed by atoms with Gasteiger partial charge in [0, 0.05) is 29.1 Å². The average Bonchev–Trinajstić information content (AvgIpc) is 2.70. The van der Waals surface area contributed by atoms with Gasteiger partial charge in [0.25, 0.3) is 0 Å². The van der Waals surface area contributed by atoms with E-state index in [0.29, 0.717) is 5.11 Å². The van der Waals surface area contributed by atoms with E-state index in [0.717, 1.165) is 41.0 Å². The van der Waals surface area contributed by atoms with Crippen molar-refractivity contribution in [3.8, 4) is 0 Å². The molecule has 2 unspecified atom stereocenters. The first-order valence-corrected chi connectivity index (χ1v) is 10.5. The van der Waals surface area contributed by atoms with Crippen molar-refractivity contribution in [3.63, 3.8) is 0 Å². The maximum atomic E-state index is 6.09. The highest BCUT2D eigenvalue weighted by molar-refractivity contribution is 7.80. The van der Waals surface area contributed by atoms with Gasteiger partial charge < -0.3 is 5.32 Å². The van der Waals surface area contributed by atoms with E-state index in [1.54, 1.807) is 0 Å². The van der Waals surface area contributed by atoms with Gasteiger partial charge in [-0.2, -0.15) is 0 Å². The molecule has 1 fully saturated rings. The molecular weight excluding hydrogens is 409 g/mol. The Labute approximate surface area is 181 Å². The van der Waals surface area contributed by atoms with Crippen LogP contribution in [0.25, 0.3) is 6.08 Å². The Morgan fingerprint density at radius 2 is 1.75 bits per heavy atom. The quantitative estimate of drug-likeness (QED) is 0.661. The summed E-state index contributed by atoms with van der Waals surface area (Å²) in [6.07, 6.45) is 2.21. The lowest BCUT2D eigenvalue weighted by molar-refractivity contribution is 0.252. The van der Waals surface area contributed by atoms with Crippen LogP contribution in [0.5, 0.6) is 0 Å². The van der Waals surface area contributed by atoms with Crippen LogP contribution in [0.2, 0.25) is 10.0 Å². The molecule has 2 aliphatic rings. The second-order valence-corrected chi connectivity index (χ2v) is 8.39. The molecule has 0 aliphatic carbocycles. The predicted octanol–water partition coefficient (Wildman–Crippen LogP) is 5.40. The highest BCUT2D eigenvalue weighted by atomic mass is 35.5. The highest BCUT2D eigenvalue weighted by Crippen LogP contribution is 2.34. The van der Waals surface area contributed by atoms with Crippen molar-refractivity contribution in [2.45, 2.75) is 13.0 Å². The lowest BCUT2D eigenvalue weighted by atomic mass is 9.81. The van der Waals surface area contributed by atoms with Crippen molar-refractivity contribution in [2.24, 2.45) is 10.9 Å². The molecule has 2 atom stereocenters. The van der Waals surface area contributed by atoms with Crippen LogP contribution >= 0.6 is 35.4 Å². The average molecular weight is 430 g/mol. The number of nitrogens with one attached hydrogen (secondary N) is 1.